The molecule has 2 rings (SSSR count). The Balaban J connectivity index is 1.97. The van der Waals surface area contributed by atoms with E-state index in [1.807, 2.05) is 13.0 Å². The molecule has 1 heterocycles. The fourth-order valence-corrected chi connectivity index (χ4v) is 2.24. The molecular weight excluding hydrogens is 214 g/mol. The summed E-state index contributed by atoms with van der Waals surface area (Å²) < 4.78 is 5.14. The molecule has 0 bridgehead atoms. The molecule has 0 radical (unpaired) electrons. The number of ether oxygens (including phenoxy) is 1. The topological polar surface area (TPSA) is 47.0 Å². The zero-order valence-electron chi connectivity index (χ0n) is 10.9. The normalized spacial score (nSPS) is 16.6. The molecule has 1 aliphatic carbocycles. The molecule has 17 heavy (non-hydrogen) atoms. The van der Waals surface area contributed by atoms with Crippen molar-refractivity contribution in [1.82, 2.24) is 9.97 Å². The van der Waals surface area contributed by atoms with Crippen LogP contribution in [0.1, 0.15) is 38.4 Å². The summed E-state index contributed by atoms with van der Waals surface area (Å²) in [4.78, 5) is 8.55. The first-order valence-corrected chi connectivity index (χ1v) is 6.31. The van der Waals surface area contributed by atoms with E-state index in [-0.39, 0.29) is 0 Å². The molecule has 0 atom stereocenters. The average molecular weight is 235 g/mol. The molecule has 0 spiro atoms. The molecule has 1 saturated carbocycles. The lowest BCUT2D eigenvalue weighted by Gasteiger charge is -2.15. The van der Waals surface area contributed by atoms with Gasteiger partial charge in [0.1, 0.15) is 11.6 Å². The van der Waals surface area contributed by atoms with E-state index in [1.54, 1.807) is 7.11 Å². The number of rotatable bonds is 6. The van der Waals surface area contributed by atoms with Gasteiger partial charge in [-0.1, -0.05) is 13.3 Å². The van der Waals surface area contributed by atoms with E-state index < -0.39 is 0 Å². The maximum atomic E-state index is 5.14. The third-order valence-corrected chi connectivity index (χ3v) is 3.41. The molecule has 94 valence electrons. The van der Waals surface area contributed by atoms with Crippen molar-refractivity contribution in [3.63, 3.8) is 0 Å². The summed E-state index contributed by atoms with van der Waals surface area (Å²) in [7, 11) is 1.63. The number of methoxy groups -OCH3 is 1. The Morgan fingerprint density at radius 3 is 2.76 bits per heavy atom. The van der Waals surface area contributed by atoms with Crippen LogP contribution in [0.2, 0.25) is 0 Å². The van der Waals surface area contributed by atoms with Crippen LogP contribution in [0, 0.1) is 12.3 Å². The van der Waals surface area contributed by atoms with E-state index in [0.29, 0.717) is 11.3 Å². The van der Waals surface area contributed by atoms with Gasteiger partial charge in [-0.05, 0) is 31.6 Å². The lowest BCUT2D eigenvalue weighted by atomic mass is 10.0. The summed E-state index contributed by atoms with van der Waals surface area (Å²) in [6, 6.07) is 1.86. The highest BCUT2D eigenvalue weighted by molar-refractivity contribution is 5.38. The van der Waals surface area contributed by atoms with Gasteiger partial charge in [-0.3, -0.25) is 0 Å². The molecule has 0 amide bonds. The molecule has 0 unspecified atom stereocenters. The van der Waals surface area contributed by atoms with Crippen molar-refractivity contribution in [1.29, 1.82) is 0 Å². The number of anilines is 1. The number of nitrogens with zero attached hydrogens (tertiary/aromatic N) is 2. The summed E-state index contributed by atoms with van der Waals surface area (Å²) in [5, 5.41) is 3.42. The first kappa shape index (κ1) is 12.1. The number of hydrogen-bond acceptors (Lipinski definition) is 4. The van der Waals surface area contributed by atoms with Crippen molar-refractivity contribution in [3.8, 4) is 5.88 Å². The van der Waals surface area contributed by atoms with E-state index in [4.69, 9.17) is 4.74 Å². The van der Waals surface area contributed by atoms with Gasteiger partial charge in [-0.25, -0.2) is 4.98 Å². The Hall–Kier alpha value is -1.32. The SMILES string of the molecule is CCCC1(CNc2cc(OC)nc(C)n2)CC1. The first-order valence-electron chi connectivity index (χ1n) is 6.31. The maximum Gasteiger partial charge on any atom is 0.218 e. The molecule has 4 nitrogen and oxygen atoms in total. The lowest BCUT2D eigenvalue weighted by Crippen LogP contribution is -2.16. The van der Waals surface area contributed by atoms with Crippen LogP contribution in [0.5, 0.6) is 5.88 Å². The van der Waals surface area contributed by atoms with Gasteiger partial charge in [0.05, 0.1) is 7.11 Å². The van der Waals surface area contributed by atoms with Gasteiger partial charge in [-0.2, -0.15) is 4.98 Å². The third kappa shape index (κ3) is 3.08. The molecule has 1 fully saturated rings. The Kier molecular flexibility index (Phi) is 3.50. The quantitative estimate of drug-likeness (QED) is 0.823. The lowest BCUT2D eigenvalue weighted by molar-refractivity contribution is 0.395. The second kappa shape index (κ2) is 4.90. The average Bonchev–Trinajstić information content (AvgIpc) is 3.07. The summed E-state index contributed by atoms with van der Waals surface area (Å²) >= 11 is 0. The molecule has 1 aromatic rings. The van der Waals surface area contributed by atoms with Crippen molar-refractivity contribution in [2.45, 2.75) is 39.5 Å². The molecule has 1 aliphatic rings. The predicted octanol–water partition coefficient (Wildman–Crippen LogP) is 2.79. The van der Waals surface area contributed by atoms with Gasteiger partial charge in [0.2, 0.25) is 5.88 Å². The van der Waals surface area contributed by atoms with Crippen LogP contribution in [0.15, 0.2) is 6.07 Å². The molecule has 1 N–H and O–H groups in total. The Morgan fingerprint density at radius 1 is 1.41 bits per heavy atom. The third-order valence-electron chi connectivity index (χ3n) is 3.41. The van der Waals surface area contributed by atoms with Crippen LogP contribution in [0.25, 0.3) is 0 Å². The standard InChI is InChI=1S/C13H21N3O/c1-4-5-13(6-7-13)9-14-11-8-12(17-3)16-10(2)15-11/h8H,4-7,9H2,1-3H3,(H,14,15,16). The van der Waals surface area contributed by atoms with Gasteiger partial charge in [0, 0.05) is 12.6 Å². The van der Waals surface area contributed by atoms with E-state index in [1.165, 1.54) is 25.7 Å². The zero-order chi connectivity index (χ0) is 12.3. The zero-order valence-corrected chi connectivity index (χ0v) is 10.9. The van der Waals surface area contributed by atoms with Crippen molar-refractivity contribution in [2.75, 3.05) is 19.0 Å². The second-order valence-corrected chi connectivity index (χ2v) is 4.95. The monoisotopic (exact) mass is 235 g/mol. The van der Waals surface area contributed by atoms with Crippen LogP contribution in [0.3, 0.4) is 0 Å². The summed E-state index contributed by atoms with van der Waals surface area (Å²) in [6.45, 7) is 5.14. The Morgan fingerprint density at radius 2 is 2.18 bits per heavy atom. The molecular formula is C13H21N3O. The van der Waals surface area contributed by atoms with Crippen LogP contribution in [-0.4, -0.2) is 23.6 Å². The van der Waals surface area contributed by atoms with E-state index in [9.17, 15) is 0 Å². The van der Waals surface area contributed by atoms with Crippen LogP contribution >= 0.6 is 0 Å². The molecule has 0 aliphatic heterocycles. The molecule has 1 aromatic heterocycles. The summed E-state index contributed by atoms with van der Waals surface area (Å²) in [6.07, 6.45) is 5.25. The highest BCUT2D eigenvalue weighted by atomic mass is 16.5. The molecule has 4 heteroatoms. The largest absolute Gasteiger partial charge is 0.481 e. The first-order chi connectivity index (χ1) is 8.17. The Bertz CT molecular complexity index is 388. The van der Waals surface area contributed by atoms with Gasteiger partial charge >= 0.3 is 0 Å². The van der Waals surface area contributed by atoms with Crippen molar-refractivity contribution in [2.24, 2.45) is 5.41 Å². The van der Waals surface area contributed by atoms with E-state index >= 15 is 0 Å². The number of nitrogens with one attached hydrogen (secondary N) is 1. The predicted molar refractivity (Wildman–Crippen MR) is 68.4 cm³/mol. The fraction of sp³-hybridized carbons (Fsp3) is 0.692. The van der Waals surface area contributed by atoms with Crippen molar-refractivity contribution >= 4 is 5.82 Å². The highest BCUT2D eigenvalue weighted by Gasteiger charge is 2.41. The summed E-state index contributed by atoms with van der Waals surface area (Å²) in [5.74, 6) is 2.24. The van der Waals surface area contributed by atoms with Crippen molar-refractivity contribution in [3.05, 3.63) is 11.9 Å². The van der Waals surface area contributed by atoms with Crippen LogP contribution in [0.4, 0.5) is 5.82 Å². The number of hydrogen-bond donors (Lipinski definition) is 1. The van der Waals surface area contributed by atoms with Crippen LogP contribution < -0.4 is 10.1 Å². The smallest absolute Gasteiger partial charge is 0.218 e. The highest BCUT2D eigenvalue weighted by Crippen LogP contribution is 2.49. The summed E-state index contributed by atoms with van der Waals surface area (Å²) in [5.41, 5.74) is 0.529. The van der Waals surface area contributed by atoms with Gasteiger partial charge in [0.25, 0.3) is 0 Å². The van der Waals surface area contributed by atoms with Crippen LogP contribution in [-0.2, 0) is 0 Å². The minimum absolute atomic E-state index is 0.529. The van der Waals surface area contributed by atoms with Gasteiger partial charge in [0.15, 0.2) is 0 Å². The minimum Gasteiger partial charge on any atom is -0.481 e. The maximum absolute atomic E-state index is 5.14. The van der Waals surface area contributed by atoms with Gasteiger partial charge < -0.3 is 10.1 Å². The van der Waals surface area contributed by atoms with Crippen molar-refractivity contribution < 1.29 is 4.74 Å². The fourth-order valence-electron chi connectivity index (χ4n) is 2.24. The minimum atomic E-state index is 0.529. The number of aromatic nitrogens is 2. The molecule has 0 aromatic carbocycles. The van der Waals surface area contributed by atoms with Gasteiger partial charge in [-0.15, -0.1) is 0 Å². The Labute approximate surface area is 103 Å². The second-order valence-electron chi connectivity index (χ2n) is 4.95. The number of aryl methyl sites for hydroxylation is 1. The molecule has 0 saturated heterocycles. The van der Waals surface area contributed by atoms with E-state index in [0.717, 1.165) is 18.2 Å². The van der Waals surface area contributed by atoms with E-state index in [2.05, 4.69) is 22.2 Å².